The first kappa shape index (κ1) is 16.0. The van der Waals surface area contributed by atoms with Gasteiger partial charge in [0.05, 0.1) is 5.69 Å². The summed E-state index contributed by atoms with van der Waals surface area (Å²) in [5.41, 5.74) is 1.85. The minimum atomic E-state index is -0.0874. The maximum Gasteiger partial charge on any atom is 0.292 e. The second-order valence-corrected chi connectivity index (χ2v) is 6.27. The molecule has 5 nitrogen and oxygen atoms in total. The summed E-state index contributed by atoms with van der Waals surface area (Å²) in [6, 6.07) is 9.83. The van der Waals surface area contributed by atoms with Crippen molar-refractivity contribution in [3.05, 3.63) is 52.4 Å². The molecule has 23 heavy (non-hydrogen) atoms. The first-order valence-corrected chi connectivity index (χ1v) is 8.15. The Morgan fingerprint density at radius 3 is 2.57 bits per heavy atom. The van der Waals surface area contributed by atoms with Crippen LogP contribution in [0.5, 0.6) is 0 Å². The molecule has 1 amide bonds. The minimum absolute atomic E-state index is 0.0874. The van der Waals surface area contributed by atoms with E-state index < -0.39 is 0 Å². The number of benzene rings is 1. The number of halogens is 1. The van der Waals surface area contributed by atoms with Crippen molar-refractivity contribution in [1.29, 1.82) is 0 Å². The van der Waals surface area contributed by atoms with E-state index in [4.69, 9.17) is 16.1 Å². The van der Waals surface area contributed by atoms with Crippen LogP contribution in [-0.2, 0) is 0 Å². The summed E-state index contributed by atoms with van der Waals surface area (Å²) in [6.45, 7) is 6.93. The van der Waals surface area contributed by atoms with Crippen LogP contribution in [0.2, 0.25) is 5.02 Å². The number of hydrogen-bond donors (Lipinski definition) is 0. The number of aromatic nitrogens is 1. The Balaban J connectivity index is 1.62. The molecule has 0 saturated carbocycles. The van der Waals surface area contributed by atoms with Gasteiger partial charge in [-0.3, -0.25) is 9.69 Å². The van der Waals surface area contributed by atoms with Crippen LogP contribution in [0.15, 0.2) is 34.9 Å². The lowest BCUT2D eigenvalue weighted by Gasteiger charge is -2.38. The summed E-state index contributed by atoms with van der Waals surface area (Å²) >= 11 is 6.29. The Kier molecular flexibility index (Phi) is 4.68. The molecular formula is C17H20ClN3O2. The molecular weight excluding hydrogens is 314 g/mol. The van der Waals surface area contributed by atoms with Gasteiger partial charge in [-0.05, 0) is 25.5 Å². The van der Waals surface area contributed by atoms with Gasteiger partial charge in [0.15, 0.2) is 0 Å². The van der Waals surface area contributed by atoms with Gasteiger partial charge in [-0.15, -0.1) is 0 Å². The fourth-order valence-electron chi connectivity index (χ4n) is 2.94. The molecule has 122 valence electrons. The summed E-state index contributed by atoms with van der Waals surface area (Å²) < 4.78 is 5.07. The summed E-state index contributed by atoms with van der Waals surface area (Å²) in [5, 5.41) is 4.57. The van der Waals surface area contributed by atoms with Crippen LogP contribution in [0.3, 0.4) is 0 Å². The van der Waals surface area contributed by atoms with Crippen LogP contribution in [0, 0.1) is 6.92 Å². The predicted molar refractivity (Wildman–Crippen MR) is 88.6 cm³/mol. The van der Waals surface area contributed by atoms with E-state index in [0.29, 0.717) is 18.8 Å². The third kappa shape index (κ3) is 3.41. The highest BCUT2D eigenvalue weighted by Crippen LogP contribution is 2.27. The summed E-state index contributed by atoms with van der Waals surface area (Å²) in [5.74, 6) is 0.228. The molecule has 0 radical (unpaired) electrons. The first-order chi connectivity index (χ1) is 11.1. The zero-order valence-corrected chi connectivity index (χ0v) is 14.1. The molecule has 0 aliphatic carbocycles. The van der Waals surface area contributed by atoms with Gasteiger partial charge >= 0.3 is 0 Å². The van der Waals surface area contributed by atoms with E-state index in [0.717, 1.165) is 29.4 Å². The average Bonchev–Trinajstić information content (AvgIpc) is 3.01. The second kappa shape index (κ2) is 6.72. The van der Waals surface area contributed by atoms with Crippen LogP contribution in [0.25, 0.3) is 0 Å². The van der Waals surface area contributed by atoms with Crippen LogP contribution >= 0.6 is 11.6 Å². The third-order valence-electron chi connectivity index (χ3n) is 4.34. The number of carbonyl (C=O) groups is 1. The highest BCUT2D eigenvalue weighted by Gasteiger charge is 2.27. The Morgan fingerprint density at radius 1 is 1.26 bits per heavy atom. The highest BCUT2D eigenvalue weighted by atomic mass is 35.5. The lowest BCUT2D eigenvalue weighted by atomic mass is 10.1. The van der Waals surface area contributed by atoms with Crippen molar-refractivity contribution in [1.82, 2.24) is 15.0 Å². The summed E-state index contributed by atoms with van der Waals surface area (Å²) in [7, 11) is 0. The molecule has 6 heteroatoms. The Bertz CT molecular complexity index is 693. The van der Waals surface area contributed by atoms with Gasteiger partial charge in [0.2, 0.25) is 5.76 Å². The van der Waals surface area contributed by atoms with Crippen LogP contribution in [-0.4, -0.2) is 47.0 Å². The molecule has 0 spiro atoms. The van der Waals surface area contributed by atoms with Crippen LogP contribution < -0.4 is 0 Å². The van der Waals surface area contributed by atoms with Crippen molar-refractivity contribution >= 4 is 17.5 Å². The lowest BCUT2D eigenvalue weighted by molar-refractivity contribution is 0.0544. The fraction of sp³-hybridized carbons (Fsp3) is 0.412. The van der Waals surface area contributed by atoms with E-state index in [1.165, 1.54) is 0 Å². The van der Waals surface area contributed by atoms with Crippen molar-refractivity contribution in [2.24, 2.45) is 0 Å². The van der Waals surface area contributed by atoms with Crippen molar-refractivity contribution in [3.8, 4) is 0 Å². The van der Waals surface area contributed by atoms with Crippen molar-refractivity contribution in [2.45, 2.75) is 19.9 Å². The van der Waals surface area contributed by atoms with Gasteiger partial charge in [0.25, 0.3) is 5.91 Å². The van der Waals surface area contributed by atoms with E-state index in [1.807, 2.05) is 30.0 Å². The Labute approximate surface area is 140 Å². The van der Waals surface area contributed by atoms with E-state index >= 15 is 0 Å². The smallest absolute Gasteiger partial charge is 0.292 e. The van der Waals surface area contributed by atoms with Gasteiger partial charge in [0.1, 0.15) is 0 Å². The largest absolute Gasteiger partial charge is 0.351 e. The number of carbonyl (C=O) groups excluding carboxylic acids is 1. The quantitative estimate of drug-likeness (QED) is 0.865. The van der Waals surface area contributed by atoms with Gasteiger partial charge in [-0.25, -0.2) is 0 Å². The highest BCUT2D eigenvalue weighted by molar-refractivity contribution is 6.31. The van der Waals surface area contributed by atoms with Crippen molar-refractivity contribution in [2.75, 3.05) is 26.2 Å². The molecule has 1 aromatic carbocycles. The predicted octanol–water partition coefficient (Wildman–Crippen LogP) is 3.16. The molecule has 0 N–H and O–H groups in total. The molecule has 1 atom stereocenters. The molecule has 2 heterocycles. The maximum absolute atomic E-state index is 12.4. The van der Waals surface area contributed by atoms with E-state index in [1.54, 1.807) is 6.07 Å². The number of piperazine rings is 1. The number of nitrogens with zero attached hydrogens (tertiary/aromatic N) is 3. The monoisotopic (exact) mass is 333 g/mol. The zero-order chi connectivity index (χ0) is 16.4. The van der Waals surface area contributed by atoms with Gasteiger partial charge in [-0.2, -0.15) is 0 Å². The average molecular weight is 334 g/mol. The van der Waals surface area contributed by atoms with Gasteiger partial charge in [-0.1, -0.05) is 35.0 Å². The molecule has 1 saturated heterocycles. The Morgan fingerprint density at radius 2 is 1.96 bits per heavy atom. The Hall–Kier alpha value is -1.85. The zero-order valence-electron chi connectivity index (χ0n) is 13.3. The molecule has 1 unspecified atom stereocenters. The summed E-state index contributed by atoms with van der Waals surface area (Å²) in [6.07, 6.45) is 0. The van der Waals surface area contributed by atoms with E-state index in [2.05, 4.69) is 23.0 Å². The van der Waals surface area contributed by atoms with Crippen LogP contribution in [0.1, 0.15) is 34.8 Å². The SMILES string of the molecule is Cc1cc(C(=O)N2CCN(C(C)c3ccccc3Cl)CC2)on1. The topological polar surface area (TPSA) is 49.6 Å². The van der Waals surface area contributed by atoms with Crippen molar-refractivity contribution < 1.29 is 9.32 Å². The molecule has 0 bridgehead atoms. The van der Waals surface area contributed by atoms with Gasteiger partial charge < -0.3 is 9.42 Å². The number of hydrogen-bond acceptors (Lipinski definition) is 4. The van der Waals surface area contributed by atoms with Crippen LogP contribution in [0.4, 0.5) is 0 Å². The van der Waals surface area contributed by atoms with E-state index in [-0.39, 0.29) is 11.9 Å². The maximum atomic E-state index is 12.4. The summed E-state index contributed by atoms with van der Waals surface area (Å²) in [4.78, 5) is 16.5. The first-order valence-electron chi connectivity index (χ1n) is 7.77. The molecule has 1 aliphatic heterocycles. The van der Waals surface area contributed by atoms with E-state index in [9.17, 15) is 4.79 Å². The molecule has 2 aromatic rings. The molecule has 1 aromatic heterocycles. The van der Waals surface area contributed by atoms with Gasteiger partial charge in [0, 0.05) is 43.3 Å². The molecule has 3 rings (SSSR count). The standard InChI is InChI=1S/C17H20ClN3O2/c1-12-11-16(23-19-12)17(22)21-9-7-20(8-10-21)13(2)14-5-3-4-6-15(14)18/h3-6,11,13H,7-10H2,1-2H3. The number of aryl methyl sites for hydroxylation is 1. The molecule has 1 fully saturated rings. The molecule has 1 aliphatic rings. The third-order valence-corrected chi connectivity index (χ3v) is 4.69. The fourth-order valence-corrected chi connectivity index (χ4v) is 3.24. The normalized spacial score (nSPS) is 17.3. The number of amides is 1. The lowest BCUT2D eigenvalue weighted by Crippen LogP contribution is -2.49. The number of rotatable bonds is 3. The minimum Gasteiger partial charge on any atom is -0.351 e. The second-order valence-electron chi connectivity index (χ2n) is 5.86. The van der Waals surface area contributed by atoms with Crippen molar-refractivity contribution in [3.63, 3.8) is 0 Å².